The molecule has 1 aliphatic heterocycles. The molecule has 6 nitrogen and oxygen atoms in total. The third kappa shape index (κ3) is 4.64. The lowest BCUT2D eigenvalue weighted by Crippen LogP contribution is -2.33. The molecule has 1 saturated heterocycles. The first-order chi connectivity index (χ1) is 17.0. The molecule has 0 radical (unpaired) electrons. The number of aromatic nitrogens is 2. The molecule has 0 saturated carbocycles. The van der Waals surface area contributed by atoms with Crippen LogP contribution < -0.4 is 10.6 Å². The number of hydrogen-bond acceptors (Lipinski definition) is 3. The molecule has 1 fully saturated rings. The van der Waals surface area contributed by atoms with Gasteiger partial charge in [-0.05, 0) is 61.8 Å². The number of nitrogens with zero attached hydrogens (tertiary/aromatic N) is 3. The molecule has 2 N–H and O–H groups in total. The fourth-order valence-corrected chi connectivity index (χ4v) is 5.20. The number of amides is 1. The maximum atomic E-state index is 13.0. The highest BCUT2D eigenvalue weighted by atomic mass is 32.1. The monoisotopic (exact) mass is 483 g/mol. The van der Waals surface area contributed by atoms with Gasteiger partial charge in [-0.25, -0.2) is 0 Å². The smallest absolute Gasteiger partial charge is 0.226 e. The van der Waals surface area contributed by atoms with Crippen molar-refractivity contribution in [3.8, 4) is 0 Å². The summed E-state index contributed by atoms with van der Waals surface area (Å²) in [5.41, 5.74) is 2.91. The zero-order chi connectivity index (χ0) is 24.4. The van der Waals surface area contributed by atoms with Gasteiger partial charge in [0.2, 0.25) is 5.91 Å². The van der Waals surface area contributed by atoms with Crippen LogP contribution in [0.15, 0.2) is 85.2 Å². The number of nitrogens with one attached hydrogen (secondary N) is 2. The molecule has 5 rings (SSSR count). The zero-order valence-electron chi connectivity index (χ0n) is 19.9. The van der Waals surface area contributed by atoms with E-state index in [1.807, 2.05) is 60.7 Å². The molecule has 7 heteroatoms. The summed E-state index contributed by atoms with van der Waals surface area (Å²) in [6, 6.07) is 24.3. The van der Waals surface area contributed by atoms with Gasteiger partial charge in [-0.1, -0.05) is 42.5 Å². The molecule has 2 aromatic carbocycles. The van der Waals surface area contributed by atoms with Crippen LogP contribution in [0.3, 0.4) is 0 Å². The van der Waals surface area contributed by atoms with Gasteiger partial charge in [0, 0.05) is 48.2 Å². The first-order valence-electron chi connectivity index (χ1n) is 12.0. The standard InChI is InChI=1S/C28H29N5OS/c1-19(2)32-17-8-14-24(32)27-26(23-12-5-6-16-29-23)31-28(35)33(27)18-15-25(34)30-22-13-7-10-20-9-3-4-11-21(20)22/h3-14,16-17,19,26-27H,15,18H2,1-2H3,(H,30,34)(H,31,35). The Morgan fingerprint density at radius 2 is 1.86 bits per heavy atom. The summed E-state index contributed by atoms with van der Waals surface area (Å²) in [5, 5.41) is 9.34. The van der Waals surface area contributed by atoms with Crippen LogP contribution in [0.5, 0.6) is 0 Å². The Hall–Kier alpha value is -3.71. The first kappa shape index (κ1) is 23.1. The maximum Gasteiger partial charge on any atom is 0.226 e. The van der Waals surface area contributed by atoms with E-state index in [-0.39, 0.29) is 18.0 Å². The third-order valence-corrected chi connectivity index (χ3v) is 6.86. The van der Waals surface area contributed by atoms with Crippen LogP contribution in [0, 0.1) is 0 Å². The number of rotatable bonds is 7. The second-order valence-electron chi connectivity index (χ2n) is 9.08. The molecule has 2 atom stereocenters. The number of carbonyl (C=O) groups is 1. The number of hydrogen-bond donors (Lipinski definition) is 2. The Morgan fingerprint density at radius 1 is 1.06 bits per heavy atom. The average Bonchev–Trinajstić information content (AvgIpc) is 3.48. The van der Waals surface area contributed by atoms with E-state index in [1.165, 1.54) is 0 Å². The van der Waals surface area contributed by atoms with Gasteiger partial charge in [0.1, 0.15) is 0 Å². The lowest BCUT2D eigenvalue weighted by Gasteiger charge is -2.29. The number of fused-ring (bicyclic) bond motifs is 1. The van der Waals surface area contributed by atoms with Gasteiger partial charge in [-0.15, -0.1) is 0 Å². The first-order valence-corrected chi connectivity index (χ1v) is 12.4. The summed E-state index contributed by atoms with van der Waals surface area (Å²) in [5.74, 6) is -0.0385. The molecule has 0 aliphatic carbocycles. The highest BCUT2D eigenvalue weighted by Crippen LogP contribution is 2.39. The van der Waals surface area contributed by atoms with Crippen LogP contribution >= 0.6 is 12.2 Å². The highest BCUT2D eigenvalue weighted by molar-refractivity contribution is 7.80. The molecule has 4 aromatic rings. The van der Waals surface area contributed by atoms with Crippen molar-refractivity contribution in [2.45, 2.75) is 38.4 Å². The largest absolute Gasteiger partial charge is 0.352 e. The normalized spacial score (nSPS) is 17.7. The van der Waals surface area contributed by atoms with Gasteiger partial charge >= 0.3 is 0 Å². The van der Waals surface area contributed by atoms with E-state index in [4.69, 9.17) is 12.2 Å². The fraction of sp³-hybridized carbons (Fsp3) is 0.250. The zero-order valence-corrected chi connectivity index (χ0v) is 20.7. The van der Waals surface area contributed by atoms with E-state index < -0.39 is 0 Å². The van der Waals surface area contributed by atoms with Crippen molar-refractivity contribution in [1.82, 2.24) is 19.8 Å². The van der Waals surface area contributed by atoms with E-state index in [9.17, 15) is 4.79 Å². The van der Waals surface area contributed by atoms with Crippen LogP contribution in [-0.4, -0.2) is 32.0 Å². The van der Waals surface area contributed by atoms with E-state index in [0.29, 0.717) is 24.1 Å². The number of carbonyl (C=O) groups excluding carboxylic acids is 1. The number of pyridine rings is 1. The van der Waals surface area contributed by atoms with E-state index in [0.717, 1.165) is 27.8 Å². The van der Waals surface area contributed by atoms with Gasteiger partial charge in [0.05, 0.1) is 17.8 Å². The summed E-state index contributed by atoms with van der Waals surface area (Å²) in [6.45, 7) is 4.84. The molecule has 35 heavy (non-hydrogen) atoms. The van der Waals surface area contributed by atoms with Gasteiger partial charge in [0.15, 0.2) is 5.11 Å². The second kappa shape index (κ2) is 9.88. The van der Waals surface area contributed by atoms with Crippen LogP contribution in [0.2, 0.25) is 0 Å². The average molecular weight is 484 g/mol. The SMILES string of the molecule is CC(C)n1cccc1C1C(c2ccccn2)NC(=S)N1CCC(=O)Nc1cccc2ccccc12. The quantitative estimate of drug-likeness (QED) is 0.334. The van der Waals surface area contributed by atoms with E-state index in [2.05, 4.69) is 57.3 Å². The van der Waals surface area contributed by atoms with Crippen LogP contribution in [0.1, 0.15) is 49.8 Å². The number of benzene rings is 2. The van der Waals surface area contributed by atoms with E-state index >= 15 is 0 Å². The third-order valence-electron chi connectivity index (χ3n) is 6.51. The summed E-state index contributed by atoms with van der Waals surface area (Å²) in [4.78, 5) is 19.8. The van der Waals surface area contributed by atoms with Crippen molar-refractivity contribution in [1.29, 1.82) is 0 Å². The molecule has 1 amide bonds. The maximum absolute atomic E-state index is 13.0. The number of anilines is 1. The van der Waals surface area contributed by atoms with E-state index in [1.54, 1.807) is 6.20 Å². The molecule has 0 spiro atoms. The molecule has 3 heterocycles. The minimum absolute atomic E-state index is 0.0385. The highest BCUT2D eigenvalue weighted by Gasteiger charge is 2.41. The Morgan fingerprint density at radius 3 is 2.66 bits per heavy atom. The van der Waals surface area contributed by atoms with Crippen molar-refractivity contribution in [2.24, 2.45) is 0 Å². The van der Waals surface area contributed by atoms with Crippen molar-refractivity contribution in [3.63, 3.8) is 0 Å². The molecule has 2 unspecified atom stereocenters. The Bertz CT molecular complexity index is 1340. The molecule has 0 bridgehead atoms. The van der Waals surface area contributed by atoms with Crippen molar-refractivity contribution in [3.05, 3.63) is 96.6 Å². The van der Waals surface area contributed by atoms with Gasteiger partial charge < -0.3 is 20.1 Å². The molecular weight excluding hydrogens is 454 g/mol. The van der Waals surface area contributed by atoms with Gasteiger partial charge in [0.25, 0.3) is 0 Å². The van der Waals surface area contributed by atoms with Crippen molar-refractivity contribution >= 4 is 39.7 Å². The van der Waals surface area contributed by atoms with Crippen LogP contribution in [0.4, 0.5) is 5.69 Å². The Kier molecular flexibility index (Phi) is 6.51. The van der Waals surface area contributed by atoms with Crippen molar-refractivity contribution < 1.29 is 4.79 Å². The predicted molar refractivity (Wildman–Crippen MR) is 144 cm³/mol. The summed E-state index contributed by atoms with van der Waals surface area (Å²) in [7, 11) is 0. The second-order valence-corrected chi connectivity index (χ2v) is 9.47. The Labute approximate surface area is 211 Å². The fourth-order valence-electron chi connectivity index (χ4n) is 4.87. The lowest BCUT2D eigenvalue weighted by molar-refractivity contribution is -0.116. The predicted octanol–water partition coefficient (Wildman–Crippen LogP) is 5.62. The minimum Gasteiger partial charge on any atom is -0.352 e. The van der Waals surface area contributed by atoms with Crippen LogP contribution in [0.25, 0.3) is 10.8 Å². The molecule has 2 aromatic heterocycles. The number of thiocarbonyl (C=S) groups is 1. The van der Waals surface area contributed by atoms with Crippen LogP contribution in [-0.2, 0) is 4.79 Å². The summed E-state index contributed by atoms with van der Waals surface area (Å²) >= 11 is 5.77. The Balaban J connectivity index is 1.38. The lowest BCUT2D eigenvalue weighted by atomic mass is 10.0. The topological polar surface area (TPSA) is 62.2 Å². The van der Waals surface area contributed by atoms with Gasteiger partial charge in [-0.3, -0.25) is 9.78 Å². The molecular formula is C28H29N5OS. The van der Waals surface area contributed by atoms with Gasteiger partial charge in [-0.2, -0.15) is 0 Å². The van der Waals surface area contributed by atoms with Crippen molar-refractivity contribution in [2.75, 3.05) is 11.9 Å². The summed E-state index contributed by atoms with van der Waals surface area (Å²) < 4.78 is 2.26. The molecule has 1 aliphatic rings. The molecule has 178 valence electrons. The minimum atomic E-state index is -0.0998. The summed E-state index contributed by atoms with van der Waals surface area (Å²) in [6.07, 6.45) is 4.22.